The van der Waals surface area contributed by atoms with Crippen LogP contribution >= 0.6 is 0 Å². The van der Waals surface area contributed by atoms with Crippen molar-refractivity contribution < 1.29 is 9.90 Å². The van der Waals surface area contributed by atoms with Crippen LogP contribution in [0.5, 0.6) is 0 Å². The zero-order chi connectivity index (χ0) is 13.9. The van der Waals surface area contributed by atoms with Gasteiger partial charge in [-0.15, -0.1) is 0 Å². The van der Waals surface area contributed by atoms with Crippen LogP contribution in [-0.2, 0) is 0 Å². The average molecular weight is 275 g/mol. The lowest BCUT2D eigenvalue weighted by molar-refractivity contribution is 0.0696. The van der Waals surface area contributed by atoms with E-state index in [9.17, 15) is 4.79 Å². The van der Waals surface area contributed by atoms with E-state index in [2.05, 4.69) is 14.8 Å². The first kappa shape index (κ1) is 13.4. The molecular formula is C15H21N3O2. The zero-order valence-electron chi connectivity index (χ0n) is 11.7. The maximum absolute atomic E-state index is 10.8. The zero-order valence-corrected chi connectivity index (χ0v) is 11.7. The molecule has 1 saturated heterocycles. The van der Waals surface area contributed by atoms with Crippen molar-refractivity contribution in [2.24, 2.45) is 0 Å². The van der Waals surface area contributed by atoms with Gasteiger partial charge in [-0.2, -0.15) is 0 Å². The monoisotopic (exact) mass is 275 g/mol. The van der Waals surface area contributed by atoms with Crippen LogP contribution in [0.2, 0.25) is 0 Å². The molecule has 0 radical (unpaired) electrons. The first-order valence-electron chi connectivity index (χ1n) is 7.42. The van der Waals surface area contributed by atoms with Crippen molar-refractivity contribution in [2.75, 3.05) is 31.1 Å². The molecule has 0 atom stereocenters. The lowest BCUT2D eigenvalue weighted by atomic mass is 10.2. The van der Waals surface area contributed by atoms with Crippen LogP contribution < -0.4 is 4.90 Å². The molecule has 0 spiro atoms. The van der Waals surface area contributed by atoms with Gasteiger partial charge in [0, 0.05) is 38.4 Å². The molecule has 2 fully saturated rings. The summed E-state index contributed by atoms with van der Waals surface area (Å²) in [4.78, 5) is 19.9. The average Bonchev–Trinajstić information content (AvgIpc) is 3.02. The molecule has 108 valence electrons. The number of piperazine rings is 1. The Labute approximate surface area is 119 Å². The number of hydrogen-bond donors (Lipinski definition) is 1. The van der Waals surface area contributed by atoms with E-state index >= 15 is 0 Å². The molecule has 5 heteroatoms. The van der Waals surface area contributed by atoms with Gasteiger partial charge in [0.1, 0.15) is 5.82 Å². The molecular weight excluding hydrogens is 254 g/mol. The van der Waals surface area contributed by atoms with Gasteiger partial charge in [0.2, 0.25) is 0 Å². The highest BCUT2D eigenvalue weighted by Gasteiger charge is 2.26. The highest BCUT2D eigenvalue weighted by atomic mass is 16.4. The maximum Gasteiger partial charge on any atom is 0.337 e. The Morgan fingerprint density at radius 1 is 1.15 bits per heavy atom. The molecule has 0 bridgehead atoms. The number of nitrogens with zero attached hydrogens (tertiary/aromatic N) is 3. The van der Waals surface area contributed by atoms with Crippen LogP contribution in [0.25, 0.3) is 0 Å². The number of anilines is 1. The first-order chi connectivity index (χ1) is 9.74. The molecule has 1 aliphatic carbocycles. The summed E-state index contributed by atoms with van der Waals surface area (Å²) in [7, 11) is 0. The van der Waals surface area contributed by atoms with Crippen molar-refractivity contribution in [1.82, 2.24) is 9.88 Å². The molecule has 1 aromatic heterocycles. The Hall–Kier alpha value is -1.62. The van der Waals surface area contributed by atoms with Crippen molar-refractivity contribution >= 4 is 11.8 Å². The van der Waals surface area contributed by atoms with Crippen molar-refractivity contribution in [3.63, 3.8) is 0 Å². The van der Waals surface area contributed by atoms with Crippen molar-refractivity contribution in [3.05, 3.63) is 23.9 Å². The van der Waals surface area contributed by atoms with Gasteiger partial charge in [0.05, 0.1) is 5.56 Å². The molecule has 2 heterocycles. The fourth-order valence-corrected chi connectivity index (χ4v) is 3.29. The quantitative estimate of drug-likeness (QED) is 0.912. The van der Waals surface area contributed by atoms with Gasteiger partial charge in [-0.3, -0.25) is 4.90 Å². The normalized spacial score (nSPS) is 21.3. The summed E-state index contributed by atoms with van der Waals surface area (Å²) in [6.45, 7) is 4.14. The number of hydrogen-bond acceptors (Lipinski definition) is 4. The largest absolute Gasteiger partial charge is 0.478 e. The minimum atomic E-state index is -0.921. The molecule has 1 aliphatic heterocycles. The van der Waals surface area contributed by atoms with Gasteiger partial charge in [0.25, 0.3) is 0 Å². The van der Waals surface area contributed by atoms with E-state index in [4.69, 9.17) is 5.11 Å². The highest BCUT2D eigenvalue weighted by Crippen LogP contribution is 2.25. The Balaban J connectivity index is 1.58. The van der Waals surface area contributed by atoms with Gasteiger partial charge in [-0.25, -0.2) is 9.78 Å². The Morgan fingerprint density at radius 3 is 2.40 bits per heavy atom. The summed E-state index contributed by atoms with van der Waals surface area (Å²) in [5.41, 5.74) is 0.248. The number of aromatic carboxylic acids is 1. The third kappa shape index (κ3) is 2.77. The predicted molar refractivity (Wildman–Crippen MR) is 77.2 cm³/mol. The second-order valence-corrected chi connectivity index (χ2v) is 5.67. The Kier molecular flexibility index (Phi) is 3.87. The third-order valence-corrected chi connectivity index (χ3v) is 4.47. The molecule has 1 aromatic rings. The first-order valence-corrected chi connectivity index (χ1v) is 7.42. The van der Waals surface area contributed by atoms with Crippen LogP contribution in [0.3, 0.4) is 0 Å². The molecule has 1 N–H and O–H groups in total. The summed E-state index contributed by atoms with van der Waals surface area (Å²) in [6.07, 6.45) is 6.91. The number of carboxylic acids is 1. The maximum atomic E-state index is 10.8. The molecule has 2 aliphatic rings. The van der Waals surface area contributed by atoms with Crippen LogP contribution in [0.1, 0.15) is 36.0 Å². The van der Waals surface area contributed by atoms with Crippen LogP contribution in [0.4, 0.5) is 5.82 Å². The number of carboxylic acid groups (broad SMARTS) is 1. The summed E-state index contributed by atoms with van der Waals surface area (Å²) in [5, 5.41) is 8.88. The minimum absolute atomic E-state index is 0.248. The van der Waals surface area contributed by atoms with Gasteiger partial charge < -0.3 is 10.0 Å². The van der Waals surface area contributed by atoms with Crippen LogP contribution in [0.15, 0.2) is 18.3 Å². The van der Waals surface area contributed by atoms with E-state index in [1.807, 2.05) is 6.07 Å². The standard InChI is InChI=1S/C15H21N3O2/c19-15(20)12-5-6-14(16-11-12)18-9-7-17(8-10-18)13-3-1-2-4-13/h5-6,11,13H,1-4,7-10H2,(H,19,20). The van der Waals surface area contributed by atoms with Crippen LogP contribution in [-0.4, -0.2) is 53.2 Å². The number of carbonyl (C=O) groups is 1. The van der Waals surface area contributed by atoms with Gasteiger partial charge in [-0.1, -0.05) is 12.8 Å². The Morgan fingerprint density at radius 2 is 1.85 bits per heavy atom. The summed E-state index contributed by atoms with van der Waals surface area (Å²) in [6, 6.07) is 4.24. The van der Waals surface area contributed by atoms with E-state index in [1.54, 1.807) is 6.07 Å². The Bertz CT molecular complexity index is 461. The van der Waals surface area contributed by atoms with E-state index < -0.39 is 5.97 Å². The van der Waals surface area contributed by atoms with Gasteiger partial charge in [0.15, 0.2) is 0 Å². The molecule has 20 heavy (non-hydrogen) atoms. The molecule has 0 unspecified atom stereocenters. The van der Waals surface area contributed by atoms with Gasteiger partial charge >= 0.3 is 5.97 Å². The van der Waals surface area contributed by atoms with E-state index in [0.29, 0.717) is 0 Å². The smallest absolute Gasteiger partial charge is 0.337 e. The van der Waals surface area contributed by atoms with E-state index in [1.165, 1.54) is 31.9 Å². The van der Waals surface area contributed by atoms with E-state index in [-0.39, 0.29) is 5.56 Å². The van der Waals surface area contributed by atoms with Crippen molar-refractivity contribution in [2.45, 2.75) is 31.7 Å². The predicted octanol–water partition coefficient (Wildman–Crippen LogP) is 1.84. The molecule has 5 nitrogen and oxygen atoms in total. The molecule has 0 aromatic carbocycles. The molecule has 1 saturated carbocycles. The van der Waals surface area contributed by atoms with Crippen molar-refractivity contribution in [1.29, 1.82) is 0 Å². The number of pyridine rings is 1. The van der Waals surface area contributed by atoms with Crippen LogP contribution in [0, 0.1) is 0 Å². The van der Waals surface area contributed by atoms with E-state index in [0.717, 1.165) is 38.0 Å². The SMILES string of the molecule is O=C(O)c1ccc(N2CCN(C3CCCC3)CC2)nc1. The topological polar surface area (TPSA) is 56.7 Å². The molecule has 0 amide bonds. The number of aromatic nitrogens is 1. The van der Waals surface area contributed by atoms with Crippen molar-refractivity contribution in [3.8, 4) is 0 Å². The third-order valence-electron chi connectivity index (χ3n) is 4.47. The summed E-state index contributed by atoms with van der Waals surface area (Å²) in [5.74, 6) is -0.0313. The lowest BCUT2D eigenvalue weighted by Gasteiger charge is -2.38. The summed E-state index contributed by atoms with van der Waals surface area (Å²) < 4.78 is 0. The second kappa shape index (κ2) is 5.79. The fourth-order valence-electron chi connectivity index (χ4n) is 3.29. The second-order valence-electron chi connectivity index (χ2n) is 5.67. The minimum Gasteiger partial charge on any atom is -0.478 e. The van der Waals surface area contributed by atoms with Gasteiger partial charge in [-0.05, 0) is 25.0 Å². The number of rotatable bonds is 3. The lowest BCUT2D eigenvalue weighted by Crippen LogP contribution is -2.50. The molecule has 3 rings (SSSR count). The highest BCUT2D eigenvalue weighted by molar-refractivity contribution is 5.87. The summed E-state index contributed by atoms with van der Waals surface area (Å²) >= 11 is 0. The fraction of sp³-hybridized carbons (Fsp3) is 0.600.